The Morgan fingerprint density at radius 2 is 1.95 bits per heavy atom. The predicted molar refractivity (Wildman–Crippen MR) is 82.1 cm³/mol. The summed E-state index contributed by atoms with van der Waals surface area (Å²) in [6.07, 6.45) is 1.02. The fourth-order valence-electron chi connectivity index (χ4n) is 1.74. The van der Waals surface area contributed by atoms with E-state index in [0.29, 0.717) is 11.3 Å². The Bertz CT molecular complexity index is 450. The number of amides is 1. The molecule has 0 bridgehead atoms. The Hall–Kier alpha value is -1.49. The van der Waals surface area contributed by atoms with E-state index in [-0.39, 0.29) is 12.5 Å². The van der Waals surface area contributed by atoms with Crippen molar-refractivity contribution in [3.63, 3.8) is 0 Å². The van der Waals surface area contributed by atoms with Crippen LogP contribution in [0, 0.1) is 0 Å². The highest BCUT2D eigenvalue weighted by Crippen LogP contribution is 2.23. The van der Waals surface area contributed by atoms with Crippen molar-refractivity contribution in [1.82, 2.24) is 5.32 Å². The van der Waals surface area contributed by atoms with Gasteiger partial charge in [-0.15, -0.1) is 0 Å². The van der Waals surface area contributed by atoms with Crippen molar-refractivity contribution < 1.29 is 14.7 Å². The molecule has 0 aliphatic rings. The van der Waals surface area contributed by atoms with E-state index >= 15 is 0 Å². The molecule has 0 aromatic heterocycles. The molecule has 0 radical (unpaired) electrons. The van der Waals surface area contributed by atoms with Gasteiger partial charge in [-0.1, -0.05) is 37.3 Å². The van der Waals surface area contributed by atoms with Crippen LogP contribution in [0.1, 0.15) is 25.8 Å². The van der Waals surface area contributed by atoms with Crippen LogP contribution < -0.4 is 5.32 Å². The van der Waals surface area contributed by atoms with Crippen LogP contribution in [0.4, 0.5) is 0 Å². The standard InChI is InChI=1S/C15H21NO3S/c1-3-9-20-10-13(17)16-11-15(2,14(18)19)12-7-5-4-6-8-12/h4-8H,3,9-11H2,1-2H3,(H,16,17)(H,18,19). The van der Waals surface area contributed by atoms with Crippen LogP contribution in [-0.2, 0) is 15.0 Å². The molecular formula is C15H21NO3S. The topological polar surface area (TPSA) is 66.4 Å². The lowest BCUT2D eigenvalue weighted by Crippen LogP contribution is -2.44. The summed E-state index contributed by atoms with van der Waals surface area (Å²) in [4.78, 5) is 23.2. The molecule has 1 amide bonds. The van der Waals surface area contributed by atoms with Crippen LogP contribution >= 0.6 is 11.8 Å². The number of hydrogen-bond donors (Lipinski definition) is 2. The van der Waals surface area contributed by atoms with Gasteiger partial charge < -0.3 is 10.4 Å². The molecule has 1 rings (SSSR count). The molecule has 0 spiro atoms. The molecule has 110 valence electrons. The van der Waals surface area contributed by atoms with E-state index in [0.717, 1.165) is 12.2 Å². The van der Waals surface area contributed by atoms with E-state index in [1.165, 1.54) is 0 Å². The second kappa shape index (κ2) is 7.94. The molecule has 0 aliphatic heterocycles. The molecule has 2 N–H and O–H groups in total. The fourth-order valence-corrected chi connectivity index (χ4v) is 2.46. The number of thioether (sulfide) groups is 1. The SMILES string of the molecule is CCCSCC(=O)NCC(C)(C(=O)O)c1ccccc1. The van der Waals surface area contributed by atoms with Crippen molar-refractivity contribution in [1.29, 1.82) is 0 Å². The lowest BCUT2D eigenvalue weighted by molar-refractivity contribution is -0.143. The van der Waals surface area contributed by atoms with Crippen LogP contribution in [0.2, 0.25) is 0 Å². The first-order valence-electron chi connectivity index (χ1n) is 6.64. The average Bonchev–Trinajstić information content (AvgIpc) is 2.45. The number of aliphatic carboxylic acids is 1. The number of carbonyl (C=O) groups excluding carboxylic acids is 1. The Kier molecular flexibility index (Phi) is 6.58. The van der Waals surface area contributed by atoms with Crippen molar-refractivity contribution >= 4 is 23.6 Å². The molecule has 1 unspecified atom stereocenters. The zero-order valence-corrected chi connectivity index (χ0v) is 12.7. The van der Waals surface area contributed by atoms with Crippen molar-refractivity contribution in [3.8, 4) is 0 Å². The van der Waals surface area contributed by atoms with Crippen molar-refractivity contribution in [2.75, 3.05) is 18.1 Å². The molecule has 5 heteroatoms. The van der Waals surface area contributed by atoms with E-state index in [9.17, 15) is 14.7 Å². The van der Waals surface area contributed by atoms with Gasteiger partial charge in [-0.05, 0) is 24.7 Å². The normalized spacial score (nSPS) is 13.5. The van der Waals surface area contributed by atoms with Gasteiger partial charge in [0, 0.05) is 6.54 Å². The highest BCUT2D eigenvalue weighted by Gasteiger charge is 2.35. The Balaban J connectivity index is 2.65. The van der Waals surface area contributed by atoms with E-state index in [1.807, 2.05) is 6.07 Å². The van der Waals surface area contributed by atoms with Crippen molar-refractivity contribution in [3.05, 3.63) is 35.9 Å². The van der Waals surface area contributed by atoms with Gasteiger partial charge >= 0.3 is 5.97 Å². The molecule has 0 saturated carbocycles. The molecule has 4 nitrogen and oxygen atoms in total. The molecule has 0 heterocycles. The minimum Gasteiger partial charge on any atom is -0.481 e. The van der Waals surface area contributed by atoms with Crippen LogP contribution in [0.15, 0.2) is 30.3 Å². The van der Waals surface area contributed by atoms with E-state index < -0.39 is 11.4 Å². The number of carboxylic acid groups (broad SMARTS) is 1. The first-order valence-corrected chi connectivity index (χ1v) is 7.79. The smallest absolute Gasteiger partial charge is 0.315 e. The van der Waals surface area contributed by atoms with Crippen LogP contribution in [0.25, 0.3) is 0 Å². The summed E-state index contributed by atoms with van der Waals surface area (Å²) >= 11 is 1.56. The first kappa shape index (κ1) is 16.6. The molecule has 1 atom stereocenters. The highest BCUT2D eigenvalue weighted by molar-refractivity contribution is 7.99. The van der Waals surface area contributed by atoms with E-state index in [1.54, 1.807) is 43.0 Å². The lowest BCUT2D eigenvalue weighted by atomic mass is 9.82. The maximum atomic E-state index is 11.7. The molecule has 0 fully saturated rings. The largest absolute Gasteiger partial charge is 0.481 e. The summed E-state index contributed by atoms with van der Waals surface area (Å²) in [5.41, 5.74) is -0.416. The Labute approximate surface area is 124 Å². The predicted octanol–water partition coefficient (Wildman–Crippen LogP) is 2.29. The molecule has 1 aromatic rings. The van der Waals surface area contributed by atoms with Gasteiger partial charge in [0.2, 0.25) is 5.91 Å². The van der Waals surface area contributed by atoms with Gasteiger partial charge in [0.05, 0.1) is 5.75 Å². The van der Waals surface area contributed by atoms with Crippen molar-refractivity contribution in [2.24, 2.45) is 0 Å². The highest BCUT2D eigenvalue weighted by atomic mass is 32.2. The summed E-state index contributed by atoms with van der Waals surface area (Å²) in [6, 6.07) is 8.98. The van der Waals surface area contributed by atoms with Crippen LogP contribution in [-0.4, -0.2) is 35.0 Å². The number of rotatable bonds is 8. The van der Waals surface area contributed by atoms with Gasteiger partial charge in [0.15, 0.2) is 0 Å². The minimum atomic E-state index is -1.10. The third-order valence-electron chi connectivity index (χ3n) is 3.10. The quantitative estimate of drug-likeness (QED) is 0.722. The van der Waals surface area contributed by atoms with Crippen molar-refractivity contribution in [2.45, 2.75) is 25.7 Å². The number of nitrogens with one attached hydrogen (secondary N) is 1. The van der Waals surface area contributed by atoms with Gasteiger partial charge in [-0.25, -0.2) is 0 Å². The van der Waals surface area contributed by atoms with Gasteiger partial charge in [0.25, 0.3) is 0 Å². The molecular weight excluding hydrogens is 274 g/mol. The van der Waals surface area contributed by atoms with Crippen LogP contribution in [0.5, 0.6) is 0 Å². The molecule has 0 aliphatic carbocycles. The second-order valence-corrected chi connectivity index (χ2v) is 5.94. The summed E-state index contributed by atoms with van der Waals surface area (Å²) in [5, 5.41) is 12.2. The number of hydrogen-bond acceptors (Lipinski definition) is 3. The average molecular weight is 295 g/mol. The zero-order chi connectivity index (χ0) is 15.0. The minimum absolute atomic E-state index is 0.0951. The third kappa shape index (κ3) is 4.56. The second-order valence-electron chi connectivity index (χ2n) is 4.83. The Morgan fingerprint density at radius 1 is 1.30 bits per heavy atom. The monoisotopic (exact) mass is 295 g/mol. The van der Waals surface area contributed by atoms with Crippen LogP contribution in [0.3, 0.4) is 0 Å². The number of benzene rings is 1. The maximum Gasteiger partial charge on any atom is 0.315 e. The molecule has 20 heavy (non-hydrogen) atoms. The lowest BCUT2D eigenvalue weighted by Gasteiger charge is -2.25. The number of carbonyl (C=O) groups is 2. The van der Waals surface area contributed by atoms with E-state index in [2.05, 4.69) is 12.2 Å². The number of carboxylic acids is 1. The summed E-state index contributed by atoms with van der Waals surface area (Å²) in [5.74, 6) is 0.248. The summed E-state index contributed by atoms with van der Waals surface area (Å²) in [6.45, 7) is 3.78. The van der Waals surface area contributed by atoms with Gasteiger partial charge in [0.1, 0.15) is 5.41 Å². The van der Waals surface area contributed by atoms with Gasteiger partial charge in [-0.2, -0.15) is 11.8 Å². The fraction of sp³-hybridized carbons (Fsp3) is 0.467. The maximum absolute atomic E-state index is 11.7. The van der Waals surface area contributed by atoms with E-state index in [4.69, 9.17) is 0 Å². The third-order valence-corrected chi connectivity index (χ3v) is 4.27. The molecule has 1 aromatic carbocycles. The Morgan fingerprint density at radius 3 is 2.50 bits per heavy atom. The summed E-state index contributed by atoms with van der Waals surface area (Å²) < 4.78 is 0. The first-order chi connectivity index (χ1) is 9.50. The molecule has 0 saturated heterocycles. The van der Waals surface area contributed by atoms with Gasteiger partial charge in [-0.3, -0.25) is 9.59 Å². The summed E-state index contributed by atoms with van der Waals surface area (Å²) in [7, 11) is 0. The zero-order valence-electron chi connectivity index (χ0n) is 11.9.